The van der Waals surface area contributed by atoms with Gasteiger partial charge in [0.15, 0.2) is 0 Å². The summed E-state index contributed by atoms with van der Waals surface area (Å²) < 4.78 is 20.0. The molecule has 5 N–H and O–H groups in total. The van der Waals surface area contributed by atoms with Crippen LogP contribution in [0.3, 0.4) is 0 Å². The molecule has 2 aromatic carbocycles. The Morgan fingerprint density at radius 3 is 2.80 bits per heavy atom. The summed E-state index contributed by atoms with van der Waals surface area (Å²) in [6.07, 6.45) is 1.17. The highest BCUT2D eigenvalue weighted by atomic mass is 32.1. The fourth-order valence-electron chi connectivity index (χ4n) is 4.08. The summed E-state index contributed by atoms with van der Waals surface area (Å²) >= 11 is 1.46. The van der Waals surface area contributed by atoms with Crippen LogP contribution < -0.4 is 26.4 Å². The summed E-state index contributed by atoms with van der Waals surface area (Å²) in [5, 5.41) is 11.3. The summed E-state index contributed by atoms with van der Waals surface area (Å²) in [6, 6.07) is 12.1. The number of carbonyl (C=O) groups is 1. The van der Waals surface area contributed by atoms with E-state index in [1.54, 1.807) is 24.4 Å². The molecule has 2 amide bonds. The van der Waals surface area contributed by atoms with Gasteiger partial charge < -0.3 is 26.4 Å². The van der Waals surface area contributed by atoms with Crippen molar-refractivity contribution in [2.45, 2.75) is 25.6 Å². The minimum absolute atomic E-state index is 0.0909. The smallest absolute Gasteiger partial charge is 0.316 e. The van der Waals surface area contributed by atoms with E-state index in [2.05, 4.69) is 30.9 Å². The number of alkyl halides is 1. The predicted octanol–water partition coefficient (Wildman–Crippen LogP) is 4.46. The number of benzene rings is 2. The molecule has 5 rings (SSSR count). The first-order chi connectivity index (χ1) is 17.0. The molecule has 1 saturated heterocycles. The van der Waals surface area contributed by atoms with E-state index in [1.807, 2.05) is 31.2 Å². The molecule has 0 aliphatic carbocycles. The molecule has 11 heteroatoms. The van der Waals surface area contributed by atoms with Crippen molar-refractivity contribution in [1.82, 2.24) is 20.3 Å². The molecule has 1 aliphatic heterocycles. The van der Waals surface area contributed by atoms with Gasteiger partial charge in [0.2, 0.25) is 11.8 Å². The molecule has 0 saturated carbocycles. The summed E-state index contributed by atoms with van der Waals surface area (Å²) in [5.74, 6) is 1.42. The van der Waals surface area contributed by atoms with Crippen molar-refractivity contribution in [2.75, 3.05) is 23.7 Å². The minimum Gasteiger partial charge on any atom is -0.437 e. The van der Waals surface area contributed by atoms with Gasteiger partial charge in [-0.25, -0.2) is 24.1 Å². The molecule has 2 atom stereocenters. The first-order valence-corrected chi connectivity index (χ1v) is 12.0. The average Bonchev–Trinajstić information content (AvgIpc) is 3.20. The number of hydrogen-bond acceptors (Lipinski definition) is 8. The van der Waals surface area contributed by atoms with Crippen molar-refractivity contribution in [2.24, 2.45) is 5.73 Å². The highest BCUT2D eigenvalue weighted by molar-refractivity contribution is 7.15. The van der Waals surface area contributed by atoms with Crippen LogP contribution in [0.25, 0.3) is 21.3 Å². The van der Waals surface area contributed by atoms with Crippen LogP contribution in [0, 0.1) is 6.92 Å². The molecular weight excluding hydrogens is 469 g/mol. The third-order valence-electron chi connectivity index (χ3n) is 5.57. The molecule has 2 aromatic heterocycles. The van der Waals surface area contributed by atoms with E-state index >= 15 is 0 Å². The van der Waals surface area contributed by atoms with E-state index in [9.17, 15) is 9.18 Å². The van der Waals surface area contributed by atoms with Crippen LogP contribution in [-0.2, 0) is 0 Å². The van der Waals surface area contributed by atoms with E-state index < -0.39 is 12.2 Å². The molecule has 0 spiro atoms. The van der Waals surface area contributed by atoms with Gasteiger partial charge in [-0.2, -0.15) is 0 Å². The molecule has 0 radical (unpaired) electrons. The zero-order valence-electron chi connectivity index (χ0n) is 18.9. The van der Waals surface area contributed by atoms with Crippen LogP contribution in [0.1, 0.15) is 11.4 Å². The Bertz CT molecular complexity index is 1380. The third-order valence-corrected chi connectivity index (χ3v) is 6.54. The quantitative estimate of drug-likeness (QED) is 0.312. The summed E-state index contributed by atoms with van der Waals surface area (Å²) in [7, 11) is 0. The fourth-order valence-corrected chi connectivity index (χ4v) is 4.90. The second-order valence-electron chi connectivity index (χ2n) is 8.21. The van der Waals surface area contributed by atoms with E-state index in [1.165, 1.54) is 11.3 Å². The van der Waals surface area contributed by atoms with Crippen molar-refractivity contribution in [3.63, 3.8) is 0 Å². The fraction of sp³-hybridized carbons (Fsp3) is 0.250. The topological polar surface area (TPSA) is 127 Å². The van der Waals surface area contributed by atoms with Gasteiger partial charge in [-0.15, -0.1) is 11.3 Å². The lowest BCUT2D eigenvalue weighted by Gasteiger charge is -2.26. The Morgan fingerprint density at radius 1 is 1.17 bits per heavy atom. The second kappa shape index (κ2) is 9.80. The number of ether oxygens (including phenoxy) is 1. The number of carbonyl (C=O) groups excluding carboxylic acids is 1. The van der Waals surface area contributed by atoms with E-state index in [0.717, 1.165) is 20.7 Å². The first-order valence-electron chi connectivity index (χ1n) is 11.1. The number of piperidine rings is 1. The van der Waals surface area contributed by atoms with Gasteiger partial charge in [0.25, 0.3) is 0 Å². The third kappa shape index (κ3) is 5.15. The van der Waals surface area contributed by atoms with Gasteiger partial charge in [-0.05, 0) is 25.1 Å². The Balaban J connectivity index is 1.45. The van der Waals surface area contributed by atoms with Crippen LogP contribution >= 0.6 is 11.3 Å². The normalized spacial score (nSPS) is 17.8. The van der Waals surface area contributed by atoms with Crippen LogP contribution in [0.2, 0.25) is 0 Å². The number of nitrogens with zero attached hydrogens (tertiary/aromatic N) is 3. The number of rotatable bonds is 6. The van der Waals surface area contributed by atoms with Gasteiger partial charge in [-0.1, -0.05) is 24.3 Å². The van der Waals surface area contributed by atoms with Crippen molar-refractivity contribution in [1.29, 1.82) is 0 Å². The summed E-state index contributed by atoms with van der Waals surface area (Å²) in [4.78, 5) is 25.7. The molecule has 35 heavy (non-hydrogen) atoms. The predicted molar refractivity (Wildman–Crippen MR) is 135 cm³/mol. The number of fused-ring (bicyclic) bond motifs is 1. The van der Waals surface area contributed by atoms with Gasteiger partial charge >= 0.3 is 6.03 Å². The molecule has 0 unspecified atom stereocenters. The van der Waals surface area contributed by atoms with E-state index in [4.69, 9.17) is 10.5 Å². The molecule has 3 heterocycles. The Morgan fingerprint density at radius 2 is 2.00 bits per heavy atom. The minimum atomic E-state index is -0.895. The number of halogens is 1. The Hall–Kier alpha value is -3.83. The highest BCUT2D eigenvalue weighted by Gasteiger charge is 2.22. The number of nitrogens with one attached hydrogen (secondary N) is 3. The number of anilines is 2. The maximum absolute atomic E-state index is 13.7. The van der Waals surface area contributed by atoms with Crippen LogP contribution in [0.15, 0.2) is 48.7 Å². The number of primary amides is 1. The highest BCUT2D eigenvalue weighted by Crippen LogP contribution is 2.40. The maximum Gasteiger partial charge on any atom is 0.316 e. The number of hydrogen-bond donors (Lipinski definition) is 4. The monoisotopic (exact) mass is 493 g/mol. The van der Waals surface area contributed by atoms with Crippen molar-refractivity contribution >= 4 is 39.8 Å². The maximum atomic E-state index is 13.7. The number of aromatic nitrogens is 3. The zero-order chi connectivity index (χ0) is 24.4. The molecular formula is C24H24FN7O2S. The Labute approximate surface area is 205 Å². The van der Waals surface area contributed by atoms with E-state index in [-0.39, 0.29) is 6.04 Å². The molecule has 4 aromatic rings. The SMILES string of the molecule is Cc1nc(Oc2ccc(NC(N)=O)c3ccccc23)c(-c2ccnc(N[C@@H]3CNC[C@@H](F)C3)n2)s1. The second-order valence-corrected chi connectivity index (χ2v) is 9.42. The van der Waals surface area contributed by atoms with Crippen molar-refractivity contribution in [3.8, 4) is 22.2 Å². The molecule has 180 valence electrons. The van der Waals surface area contributed by atoms with Gasteiger partial charge in [0.05, 0.1) is 16.4 Å². The molecule has 1 fully saturated rings. The summed E-state index contributed by atoms with van der Waals surface area (Å²) in [6.45, 7) is 2.92. The number of aryl methyl sites for hydroxylation is 1. The number of nitrogens with two attached hydrogens (primary N) is 1. The molecule has 1 aliphatic rings. The van der Waals surface area contributed by atoms with Crippen molar-refractivity contribution < 1.29 is 13.9 Å². The summed E-state index contributed by atoms with van der Waals surface area (Å²) in [5.41, 5.74) is 6.56. The number of urea groups is 1. The lowest BCUT2D eigenvalue weighted by molar-refractivity contribution is 0.254. The largest absolute Gasteiger partial charge is 0.437 e. The number of amides is 2. The molecule has 0 bridgehead atoms. The lowest BCUT2D eigenvalue weighted by Crippen LogP contribution is -2.44. The zero-order valence-corrected chi connectivity index (χ0v) is 19.7. The standard InChI is InChI=1S/C24H24FN7O2S/c1-13-29-22(34-20-7-6-18(31-23(26)33)16-4-2-3-5-17(16)20)21(35-13)19-8-9-28-24(32-19)30-15-10-14(25)11-27-12-15/h2-9,14-15,27H,10-12H2,1H3,(H3,26,31,33)(H,28,30,32)/t14-,15-/m0/s1. The van der Waals surface area contributed by atoms with Gasteiger partial charge in [0.1, 0.15) is 16.8 Å². The van der Waals surface area contributed by atoms with Gasteiger partial charge in [0, 0.05) is 42.5 Å². The Kier molecular flexibility index (Phi) is 6.43. The lowest BCUT2D eigenvalue weighted by atomic mass is 10.1. The molecule has 9 nitrogen and oxygen atoms in total. The van der Waals surface area contributed by atoms with Gasteiger partial charge in [-0.3, -0.25) is 0 Å². The van der Waals surface area contributed by atoms with Crippen molar-refractivity contribution in [3.05, 3.63) is 53.7 Å². The van der Waals surface area contributed by atoms with E-state index in [0.29, 0.717) is 48.5 Å². The van der Waals surface area contributed by atoms with Crippen LogP contribution in [-0.4, -0.2) is 46.3 Å². The van der Waals surface area contributed by atoms with Crippen LogP contribution in [0.5, 0.6) is 11.6 Å². The average molecular weight is 494 g/mol. The van der Waals surface area contributed by atoms with Crippen LogP contribution in [0.4, 0.5) is 20.8 Å². The first kappa shape index (κ1) is 22.9. The number of thiazole rings is 1.